The van der Waals surface area contributed by atoms with Gasteiger partial charge in [0.2, 0.25) is 0 Å². The zero-order valence-corrected chi connectivity index (χ0v) is 19.4. The van der Waals surface area contributed by atoms with Gasteiger partial charge in [-0.1, -0.05) is 12.1 Å². The molecule has 1 saturated heterocycles. The highest BCUT2D eigenvalue weighted by Gasteiger charge is 2.47. The highest BCUT2D eigenvalue weighted by atomic mass is 16.5. The van der Waals surface area contributed by atoms with E-state index >= 15 is 0 Å². The maximum atomic E-state index is 13.4. The van der Waals surface area contributed by atoms with Gasteiger partial charge in [0.05, 0.1) is 11.1 Å². The summed E-state index contributed by atoms with van der Waals surface area (Å²) in [5.41, 5.74) is 3.38. The van der Waals surface area contributed by atoms with Crippen LogP contribution in [0.4, 0.5) is 0 Å². The summed E-state index contributed by atoms with van der Waals surface area (Å²) < 4.78 is 5.99. The molecule has 1 amide bonds. The maximum absolute atomic E-state index is 13.4. The van der Waals surface area contributed by atoms with Gasteiger partial charge in [-0.2, -0.15) is 0 Å². The largest absolute Gasteiger partial charge is 0.492 e. The molecule has 1 aliphatic heterocycles. The average molecular weight is 444 g/mol. The third-order valence-electron chi connectivity index (χ3n) is 7.08. The summed E-state index contributed by atoms with van der Waals surface area (Å²) in [6, 6.07) is 13.8. The normalized spacial score (nSPS) is 19.1. The predicted molar refractivity (Wildman–Crippen MR) is 128 cm³/mol. The number of rotatable bonds is 7. The van der Waals surface area contributed by atoms with Crippen molar-refractivity contribution in [3.63, 3.8) is 0 Å². The minimum Gasteiger partial charge on any atom is -0.492 e. The Morgan fingerprint density at radius 1 is 1.21 bits per heavy atom. The van der Waals surface area contributed by atoms with Gasteiger partial charge in [-0.05, 0) is 88.2 Å². The van der Waals surface area contributed by atoms with Gasteiger partial charge in [-0.3, -0.25) is 19.5 Å². The number of pyridine rings is 1. The molecule has 2 fully saturated rings. The number of aromatic nitrogens is 1. The van der Waals surface area contributed by atoms with Crippen molar-refractivity contribution in [1.82, 2.24) is 15.2 Å². The number of amides is 1. The molecule has 6 heteroatoms. The Hall–Kier alpha value is -3.25. The number of ether oxygens (including phenoxy) is 1. The van der Waals surface area contributed by atoms with Gasteiger partial charge < -0.3 is 10.1 Å². The van der Waals surface area contributed by atoms with Crippen molar-refractivity contribution in [1.29, 1.82) is 0 Å². The molecule has 0 spiro atoms. The third-order valence-corrected chi connectivity index (χ3v) is 7.08. The summed E-state index contributed by atoms with van der Waals surface area (Å²) in [7, 11) is 2.10. The van der Waals surface area contributed by atoms with Crippen molar-refractivity contribution >= 4 is 22.6 Å². The summed E-state index contributed by atoms with van der Waals surface area (Å²) in [6.45, 7) is 5.23. The second-order valence-corrected chi connectivity index (χ2v) is 9.40. The van der Waals surface area contributed by atoms with E-state index in [4.69, 9.17) is 4.74 Å². The molecule has 2 aliphatic rings. The summed E-state index contributed by atoms with van der Waals surface area (Å²) in [5.74, 6) is 0.578. The first kappa shape index (κ1) is 21.6. The van der Waals surface area contributed by atoms with E-state index in [0.717, 1.165) is 47.8 Å². The van der Waals surface area contributed by atoms with E-state index in [2.05, 4.69) is 22.2 Å². The molecular weight excluding hydrogens is 414 g/mol. The van der Waals surface area contributed by atoms with Crippen molar-refractivity contribution < 1.29 is 14.3 Å². The number of likely N-dealkylation sites (N-methyl/N-ethyl adjacent to an activating group) is 1. The van der Waals surface area contributed by atoms with E-state index in [0.29, 0.717) is 29.5 Å². The van der Waals surface area contributed by atoms with Crippen LogP contribution in [-0.2, 0) is 5.54 Å². The Morgan fingerprint density at radius 3 is 2.70 bits per heavy atom. The number of nitrogens with zero attached hydrogens (tertiary/aromatic N) is 2. The Bertz CT molecular complexity index is 1250. The van der Waals surface area contributed by atoms with Gasteiger partial charge in [0.25, 0.3) is 5.91 Å². The standard InChI is InChI=1S/C27H29N3O3/c1-17-6-7-21(33-16-20-8-12-30(20)3)15-23(17)26(32)29-27(9-10-27)24-13-19(18(2)31)14-25-22(24)5-4-11-28-25/h4-7,11,13-15,20H,8-10,12,16H2,1-3H3,(H,29,32)/t20-/m0/s1. The van der Waals surface area contributed by atoms with Gasteiger partial charge in [0.1, 0.15) is 12.4 Å². The number of nitrogens with one attached hydrogen (secondary N) is 1. The first-order valence-electron chi connectivity index (χ1n) is 11.5. The second kappa shape index (κ2) is 8.27. The fourth-order valence-electron chi connectivity index (χ4n) is 4.56. The third kappa shape index (κ3) is 4.11. The first-order chi connectivity index (χ1) is 15.9. The topological polar surface area (TPSA) is 71.5 Å². The molecule has 0 radical (unpaired) electrons. The number of ketones is 1. The molecule has 2 heterocycles. The maximum Gasteiger partial charge on any atom is 0.252 e. The molecule has 5 rings (SSSR count). The van der Waals surface area contributed by atoms with Crippen molar-refractivity contribution in [2.75, 3.05) is 20.2 Å². The van der Waals surface area contributed by atoms with Crippen molar-refractivity contribution in [2.24, 2.45) is 0 Å². The van der Waals surface area contributed by atoms with Gasteiger partial charge >= 0.3 is 0 Å². The van der Waals surface area contributed by atoms with Crippen LogP contribution in [0.25, 0.3) is 10.9 Å². The smallest absolute Gasteiger partial charge is 0.252 e. The van der Waals surface area contributed by atoms with E-state index in [9.17, 15) is 9.59 Å². The van der Waals surface area contributed by atoms with Crippen molar-refractivity contribution in [3.8, 4) is 5.75 Å². The minimum atomic E-state index is -0.484. The summed E-state index contributed by atoms with van der Waals surface area (Å²) in [6.07, 6.45) is 4.52. The van der Waals surface area contributed by atoms with Crippen LogP contribution >= 0.6 is 0 Å². The fraction of sp³-hybridized carbons (Fsp3) is 0.370. The lowest BCUT2D eigenvalue weighted by Crippen LogP contribution is -2.48. The van der Waals surface area contributed by atoms with Gasteiger partial charge in [0.15, 0.2) is 5.78 Å². The van der Waals surface area contributed by atoms with Crippen LogP contribution in [0, 0.1) is 6.92 Å². The van der Waals surface area contributed by atoms with E-state index < -0.39 is 5.54 Å². The lowest BCUT2D eigenvalue weighted by molar-refractivity contribution is 0.0767. The van der Waals surface area contributed by atoms with Gasteiger partial charge in [-0.15, -0.1) is 0 Å². The van der Waals surface area contributed by atoms with E-state index in [1.807, 2.05) is 49.4 Å². The Morgan fingerprint density at radius 2 is 2.03 bits per heavy atom. The fourth-order valence-corrected chi connectivity index (χ4v) is 4.56. The second-order valence-electron chi connectivity index (χ2n) is 9.40. The van der Waals surface area contributed by atoms with Crippen LogP contribution in [0.1, 0.15) is 58.0 Å². The number of aryl methyl sites for hydroxylation is 1. The minimum absolute atomic E-state index is 0.0104. The van der Waals surface area contributed by atoms with Crippen molar-refractivity contribution in [3.05, 3.63) is 70.9 Å². The monoisotopic (exact) mass is 443 g/mol. The van der Waals surface area contributed by atoms with Crippen LogP contribution < -0.4 is 10.1 Å². The molecule has 1 aliphatic carbocycles. The Labute approximate surface area is 194 Å². The lowest BCUT2D eigenvalue weighted by atomic mass is 9.94. The molecular formula is C27H29N3O3. The summed E-state index contributed by atoms with van der Waals surface area (Å²) in [4.78, 5) is 32.3. The molecule has 6 nitrogen and oxygen atoms in total. The van der Waals surface area contributed by atoms with E-state index in [-0.39, 0.29) is 11.7 Å². The molecule has 3 aromatic rings. The van der Waals surface area contributed by atoms with Crippen LogP contribution in [-0.4, -0.2) is 47.8 Å². The number of likely N-dealkylation sites (tertiary alicyclic amines) is 1. The molecule has 33 heavy (non-hydrogen) atoms. The van der Waals surface area contributed by atoms with Crippen molar-refractivity contribution in [2.45, 2.75) is 44.7 Å². The Balaban J connectivity index is 1.41. The summed E-state index contributed by atoms with van der Waals surface area (Å²) >= 11 is 0. The van der Waals surface area contributed by atoms with Crippen LogP contribution in [0.5, 0.6) is 5.75 Å². The van der Waals surface area contributed by atoms with Crippen LogP contribution in [0.15, 0.2) is 48.7 Å². The SMILES string of the molecule is CC(=O)c1cc(C2(NC(=O)c3cc(OC[C@@H]4CCN4C)ccc3C)CC2)c2cccnc2c1. The summed E-state index contributed by atoms with van der Waals surface area (Å²) in [5, 5.41) is 4.25. The van der Waals surface area contributed by atoms with Gasteiger partial charge in [-0.25, -0.2) is 0 Å². The number of fused-ring (bicyclic) bond motifs is 1. The lowest BCUT2D eigenvalue weighted by Gasteiger charge is -2.37. The number of benzene rings is 2. The number of carbonyl (C=O) groups excluding carboxylic acids is 2. The van der Waals surface area contributed by atoms with Crippen LogP contribution in [0.3, 0.4) is 0 Å². The van der Waals surface area contributed by atoms with Crippen LogP contribution in [0.2, 0.25) is 0 Å². The Kier molecular flexibility index (Phi) is 5.41. The molecule has 0 unspecified atom stereocenters. The number of carbonyl (C=O) groups is 2. The number of hydrogen-bond donors (Lipinski definition) is 1. The molecule has 170 valence electrons. The van der Waals surface area contributed by atoms with E-state index in [1.54, 1.807) is 13.1 Å². The molecule has 1 saturated carbocycles. The van der Waals surface area contributed by atoms with E-state index in [1.165, 1.54) is 0 Å². The molecule has 2 aromatic carbocycles. The molecule has 1 atom stereocenters. The molecule has 0 bridgehead atoms. The average Bonchev–Trinajstić information content (AvgIpc) is 3.58. The number of Topliss-reactive ketones (excluding diaryl/α,β-unsaturated/α-hetero) is 1. The zero-order chi connectivity index (χ0) is 23.2. The highest BCUT2D eigenvalue weighted by Crippen LogP contribution is 2.48. The van der Waals surface area contributed by atoms with Gasteiger partial charge in [0, 0.05) is 28.8 Å². The number of hydrogen-bond acceptors (Lipinski definition) is 5. The zero-order valence-electron chi connectivity index (χ0n) is 19.4. The highest BCUT2D eigenvalue weighted by molar-refractivity contribution is 6.00. The quantitative estimate of drug-likeness (QED) is 0.553. The molecule has 1 N–H and O–H groups in total. The molecule has 1 aromatic heterocycles. The first-order valence-corrected chi connectivity index (χ1v) is 11.5. The predicted octanol–water partition coefficient (Wildman–Crippen LogP) is 4.25.